The Morgan fingerprint density at radius 1 is 1.14 bits per heavy atom. The minimum atomic E-state index is -0.275. The van der Waals surface area contributed by atoms with Gasteiger partial charge in [-0.3, -0.25) is 4.79 Å². The van der Waals surface area contributed by atoms with Gasteiger partial charge in [-0.1, -0.05) is 0 Å². The van der Waals surface area contributed by atoms with Crippen molar-refractivity contribution in [3.63, 3.8) is 0 Å². The molecule has 7 heteroatoms. The van der Waals surface area contributed by atoms with Crippen molar-refractivity contribution in [1.29, 1.82) is 0 Å². The molecule has 1 saturated heterocycles. The fourth-order valence-electron chi connectivity index (χ4n) is 4.24. The highest BCUT2D eigenvalue weighted by Gasteiger charge is 2.36. The Bertz CT molecular complexity index is 1020. The van der Waals surface area contributed by atoms with Crippen molar-refractivity contribution >= 4 is 17.2 Å². The van der Waals surface area contributed by atoms with E-state index < -0.39 is 0 Å². The average Bonchev–Trinajstić information content (AvgIpc) is 3.18. The monoisotopic (exact) mass is 394 g/mol. The highest BCUT2D eigenvalue weighted by atomic mass is 32.1. The van der Waals surface area contributed by atoms with Crippen LogP contribution in [0.15, 0.2) is 42.0 Å². The molecule has 5 rings (SSSR count). The summed E-state index contributed by atoms with van der Waals surface area (Å²) in [6.45, 7) is 0.656. The molecule has 0 N–H and O–H groups in total. The molecule has 0 saturated carbocycles. The van der Waals surface area contributed by atoms with E-state index in [9.17, 15) is 9.18 Å². The van der Waals surface area contributed by atoms with Crippen molar-refractivity contribution in [3.8, 4) is 11.5 Å². The molecule has 0 unspecified atom stereocenters. The van der Waals surface area contributed by atoms with E-state index in [4.69, 9.17) is 4.98 Å². The molecule has 0 spiro atoms. The van der Waals surface area contributed by atoms with Gasteiger partial charge >= 0.3 is 0 Å². The number of hydrogen-bond donors (Lipinski definition) is 0. The highest BCUT2D eigenvalue weighted by Crippen LogP contribution is 2.37. The largest absolute Gasteiger partial charge is 0.335 e. The molecule has 1 amide bonds. The summed E-state index contributed by atoms with van der Waals surface area (Å²) < 4.78 is 13.6. The summed E-state index contributed by atoms with van der Waals surface area (Å²) in [5.41, 5.74) is 2.25. The molecule has 2 aromatic heterocycles. The van der Waals surface area contributed by atoms with Crippen LogP contribution in [-0.4, -0.2) is 38.3 Å². The lowest BCUT2D eigenvalue weighted by Gasteiger charge is -2.38. The van der Waals surface area contributed by atoms with Crippen molar-refractivity contribution in [2.75, 3.05) is 6.54 Å². The average molecular weight is 394 g/mol. The van der Waals surface area contributed by atoms with Gasteiger partial charge in [0.05, 0.1) is 5.01 Å². The summed E-state index contributed by atoms with van der Waals surface area (Å²) in [5, 5.41) is 3.01. The zero-order valence-corrected chi connectivity index (χ0v) is 16.0. The SMILES string of the molecule is O=C1c2ccc(F)cc2CC[C@@H]2CC[C@@H](c3nc(-c4ncccn4)cs3)CN12. The van der Waals surface area contributed by atoms with Crippen molar-refractivity contribution in [2.45, 2.75) is 37.6 Å². The second-order valence-electron chi connectivity index (χ2n) is 7.37. The molecular weight excluding hydrogens is 375 g/mol. The van der Waals surface area contributed by atoms with Gasteiger partial charge < -0.3 is 4.90 Å². The number of piperidine rings is 1. The van der Waals surface area contributed by atoms with Gasteiger partial charge in [0.25, 0.3) is 5.91 Å². The first-order valence-electron chi connectivity index (χ1n) is 9.51. The molecule has 2 aliphatic rings. The maximum Gasteiger partial charge on any atom is 0.254 e. The Labute approximate surface area is 166 Å². The van der Waals surface area contributed by atoms with Gasteiger partial charge in [0.15, 0.2) is 5.82 Å². The molecule has 142 valence electrons. The Morgan fingerprint density at radius 2 is 2.00 bits per heavy atom. The maximum atomic E-state index is 13.6. The smallest absolute Gasteiger partial charge is 0.254 e. The van der Waals surface area contributed by atoms with E-state index in [2.05, 4.69) is 9.97 Å². The number of carbonyl (C=O) groups excluding carboxylic acids is 1. The Hall–Kier alpha value is -2.67. The molecule has 2 atom stereocenters. The van der Waals surface area contributed by atoms with Crippen LogP contribution >= 0.6 is 11.3 Å². The van der Waals surface area contributed by atoms with E-state index >= 15 is 0 Å². The van der Waals surface area contributed by atoms with Gasteiger partial charge in [-0.05, 0) is 55.5 Å². The number of aromatic nitrogens is 3. The summed E-state index contributed by atoms with van der Waals surface area (Å²) in [7, 11) is 0. The minimum Gasteiger partial charge on any atom is -0.335 e. The van der Waals surface area contributed by atoms with Gasteiger partial charge in [-0.2, -0.15) is 0 Å². The predicted molar refractivity (Wildman–Crippen MR) is 105 cm³/mol. The molecule has 28 heavy (non-hydrogen) atoms. The zero-order chi connectivity index (χ0) is 19.1. The fourth-order valence-corrected chi connectivity index (χ4v) is 5.17. The molecule has 0 bridgehead atoms. The minimum absolute atomic E-state index is 0.0189. The lowest BCUT2D eigenvalue weighted by atomic mass is 9.91. The fraction of sp³-hybridized carbons (Fsp3) is 0.333. The Balaban J connectivity index is 1.40. The van der Waals surface area contributed by atoms with Crippen molar-refractivity contribution < 1.29 is 9.18 Å². The molecule has 4 heterocycles. The lowest BCUT2D eigenvalue weighted by Crippen LogP contribution is -2.45. The first-order valence-corrected chi connectivity index (χ1v) is 10.4. The third-order valence-electron chi connectivity index (χ3n) is 5.68. The standard InChI is InChI=1S/C21H19FN4OS/c22-15-4-7-17-13(10-15)2-5-16-6-3-14(11-26(16)21(17)27)20-25-18(12-28-20)19-23-8-1-9-24-19/h1,4,7-10,12,14,16H,2-3,5-6,11H2/t14-,16-/m1/s1. The number of hydrogen-bond acceptors (Lipinski definition) is 5. The van der Waals surface area contributed by atoms with Crippen LogP contribution in [0.2, 0.25) is 0 Å². The number of halogens is 1. The van der Waals surface area contributed by atoms with Crippen LogP contribution in [0.4, 0.5) is 4.39 Å². The third-order valence-corrected chi connectivity index (χ3v) is 6.68. The lowest BCUT2D eigenvalue weighted by molar-refractivity contribution is 0.0588. The highest BCUT2D eigenvalue weighted by molar-refractivity contribution is 7.10. The molecule has 5 nitrogen and oxygen atoms in total. The number of aryl methyl sites for hydroxylation is 1. The topological polar surface area (TPSA) is 59.0 Å². The van der Waals surface area contributed by atoms with Gasteiger partial charge in [0, 0.05) is 41.8 Å². The molecule has 0 aliphatic carbocycles. The summed E-state index contributed by atoms with van der Waals surface area (Å²) >= 11 is 1.61. The normalized spacial score (nSPS) is 21.8. The van der Waals surface area contributed by atoms with Gasteiger partial charge in [-0.25, -0.2) is 19.3 Å². The van der Waals surface area contributed by atoms with E-state index in [1.54, 1.807) is 35.9 Å². The van der Waals surface area contributed by atoms with Crippen LogP contribution in [0, 0.1) is 5.82 Å². The summed E-state index contributed by atoms with van der Waals surface area (Å²) in [6.07, 6.45) is 7.00. The van der Waals surface area contributed by atoms with Crippen LogP contribution in [0.3, 0.4) is 0 Å². The van der Waals surface area contributed by atoms with E-state index in [0.717, 1.165) is 41.9 Å². The van der Waals surface area contributed by atoms with E-state index in [1.165, 1.54) is 12.1 Å². The first kappa shape index (κ1) is 17.4. The Morgan fingerprint density at radius 3 is 2.86 bits per heavy atom. The summed E-state index contributed by atoms with van der Waals surface area (Å²) in [4.78, 5) is 28.4. The number of benzene rings is 1. The number of fused-ring (bicyclic) bond motifs is 2. The third kappa shape index (κ3) is 3.09. The van der Waals surface area contributed by atoms with Crippen molar-refractivity contribution in [2.24, 2.45) is 0 Å². The molecule has 1 fully saturated rings. The van der Waals surface area contributed by atoms with Crippen LogP contribution in [-0.2, 0) is 6.42 Å². The van der Waals surface area contributed by atoms with Crippen LogP contribution in [0.25, 0.3) is 11.5 Å². The number of rotatable bonds is 2. The van der Waals surface area contributed by atoms with E-state index in [0.29, 0.717) is 17.9 Å². The Kier molecular flexibility index (Phi) is 4.39. The molecule has 3 aromatic rings. The summed E-state index contributed by atoms with van der Waals surface area (Å²) in [6, 6.07) is 6.53. The van der Waals surface area contributed by atoms with Crippen LogP contribution < -0.4 is 0 Å². The van der Waals surface area contributed by atoms with Gasteiger partial charge in [0.1, 0.15) is 11.5 Å². The van der Waals surface area contributed by atoms with Crippen LogP contribution in [0.5, 0.6) is 0 Å². The molecule has 1 aromatic carbocycles. The van der Waals surface area contributed by atoms with E-state index in [-0.39, 0.29) is 23.7 Å². The van der Waals surface area contributed by atoms with Gasteiger partial charge in [-0.15, -0.1) is 11.3 Å². The number of thiazole rings is 1. The zero-order valence-electron chi connectivity index (χ0n) is 15.2. The van der Waals surface area contributed by atoms with Crippen LogP contribution in [0.1, 0.15) is 46.1 Å². The first-order chi connectivity index (χ1) is 13.7. The van der Waals surface area contributed by atoms with E-state index in [1.807, 2.05) is 10.3 Å². The quantitative estimate of drug-likeness (QED) is 0.657. The molecular formula is C21H19FN4OS. The van der Waals surface area contributed by atoms with Crippen molar-refractivity contribution in [1.82, 2.24) is 19.9 Å². The number of carbonyl (C=O) groups is 1. The predicted octanol–water partition coefficient (Wildman–Crippen LogP) is 4.07. The second kappa shape index (κ2) is 7.05. The molecule has 0 radical (unpaired) electrons. The number of nitrogens with zero attached hydrogens (tertiary/aromatic N) is 4. The summed E-state index contributed by atoms with van der Waals surface area (Å²) in [5.74, 6) is 0.582. The molecule has 2 aliphatic heterocycles. The maximum absolute atomic E-state index is 13.6. The second-order valence-corrected chi connectivity index (χ2v) is 8.26. The van der Waals surface area contributed by atoms with Gasteiger partial charge in [0.2, 0.25) is 0 Å². The van der Waals surface area contributed by atoms with Crippen molar-refractivity contribution in [3.05, 3.63) is 64.0 Å². The number of amides is 1.